The van der Waals surface area contributed by atoms with Gasteiger partial charge in [-0.1, -0.05) is 49.4 Å². The van der Waals surface area contributed by atoms with Crippen LogP contribution in [0.3, 0.4) is 0 Å². The molecule has 38 heavy (non-hydrogen) atoms. The molecule has 0 aliphatic heterocycles. The van der Waals surface area contributed by atoms with Gasteiger partial charge in [0.1, 0.15) is 5.75 Å². The standard InChI is InChI=1S/C32H36N2O4/c1-7-22-10-8-12-24(16-22)20(2)33-30(35)25-14-15-27-28(21(3)34(6)29(27)19-25)18-23-11-9-13-26(17-23)38-32(4,5)31(36)37/h8-17,19-20H,7,18H2,1-6H3,(H,33,35)(H,36,37)/t20-/m0/s1. The number of aliphatic carboxylic acids is 1. The Labute approximate surface area is 224 Å². The number of fused-ring (bicyclic) bond motifs is 1. The van der Waals surface area contributed by atoms with E-state index in [1.807, 2.05) is 62.5 Å². The van der Waals surface area contributed by atoms with Crippen molar-refractivity contribution in [3.63, 3.8) is 0 Å². The Morgan fingerprint density at radius 3 is 2.45 bits per heavy atom. The summed E-state index contributed by atoms with van der Waals surface area (Å²) in [5.74, 6) is -0.602. The zero-order valence-electron chi connectivity index (χ0n) is 23.0. The number of hydrogen-bond acceptors (Lipinski definition) is 3. The second-order valence-corrected chi connectivity index (χ2v) is 10.4. The fraction of sp³-hybridized carbons (Fsp3) is 0.312. The Hall–Kier alpha value is -4.06. The summed E-state index contributed by atoms with van der Waals surface area (Å²) in [5, 5.41) is 13.6. The summed E-state index contributed by atoms with van der Waals surface area (Å²) in [6, 6.07) is 21.6. The maximum atomic E-state index is 13.1. The molecule has 2 N–H and O–H groups in total. The van der Waals surface area contributed by atoms with Crippen molar-refractivity contribution < 1.29 is 19.4 Å². The number of hydrogen-bond donors (Lipinski definition) is 2. The number of amides is 1. The molecule has 198 valence electrons. The molecule has 0 radical (unpaired) electrons. The third-order valence-electron chi connectivity index (χ3n) is 7.26. The molecule has 1 heterocycles. The summed E-state index contributed by atoms with van der Waals surface area (Å²) in [6.07, 6.45) is 1.61. The van der Waals surface area contributed by atoms with Crippen molar-refractivity contribution >= 4 is 22.8 Å². The maximum Gasteiger partial charge on any atom is 0.347 e. The minimum absolute atomic E-state index is 0.101. The lowest BCUT2D eigenvalue weighted by Gasteiger charge is -2.21. The fourth-order valence-corrected chi connectivity index (χ4v) is 4.71. The first-order valence-electron chi connectivity index (χ1n) is 13.0. The SMILES string of the molecule is CCc1cccc([C@H](C)NC(=O)c2ccc3c(Cc4cccc(OC(C)(C)C(=O)O)c4)c(C)n(C)c3c2)c1. The van der Waals surface area contributed by atoms with E-state index in [2.05, 4.69) is 35.9 Å². The van der Waals surface area contributed by atoms with Gasteiger partial charge < -0.3 is 19.7 Å². The Balaban J connectivity index is 1.57. The molecule has 4 aromatic rings. The topological polar surface area (TPSA) is 80.6 Å². The van der Waals surface area contributed by atoms with E-state index < -0.39 is 11.6 Å². The van der Waals surface area contributed by atoms with E-state index in [0.717, 1.165) is 39.7 Å². The molecule has 0 aliphatic carbocycles. The average Bonchev–Trinajstić information content (AvgIpc) is 3.12. The monoisotopic (exact) mass is 512 g/mol. The number of nitrogens with one attached hydrogen (secondary N) is 1. The molecule has 0 fully saturated rings. The molecule has 0 saturated heterocycles. The molecule has 6 nitrogen and oxygen atoms in total. The van der Waals surface area contributed by atoms with E-state index in [1.165, 1.54) is 19.4 Å². The van der Waals surface area contributed by atoms with Gasteiger partial charge in [-0.2, -0.15) is 0 Å². The minimum atomic E-state index is -1.32. The van der Waals surface area contributed by atoms with Crippen molar-refractivity contribution in [3.8, 4) is 5.75 Å². The van der Waals surface area contributed by atoms with Crippen molar-refractivity contribution in [2.24, 2.45) is 7.05 Å². The number of aryl methyl sites for hydroxylation is 2. The quantitative estimate of drug-likeness (QED) is 0.273. The largest absolute Gasteiger partial charge is 0.478 e. The van der Waals surface area contributed by atoms with Gasteiger partial charge in [-0.15, -0.1) is 0 Å². The Morgan fingerprint density at radius 2 is 1.74 bits per heavy atom. The highest BCUT2D eigenvalue weighted by atomic mass is 16.5. The normalized spacial score (nSPS) is 12.4. The number of rotatable bonds is 9. The highest BCUT2D eigenvalue weighted by Gasteiger charge is 2.29. The molecule has 3 aromatic carbocycles. The smallest absolute Gasteiger partial charge is 0.347 e. The molecule has 6 heteroatoms. The lowest BCUT2D eigenvalue weighted by atomic mass is 10.0. The average molecular weight is 513 g/mol. The first-order valence-corrected chi connectivity index (χ1v) is 13.0. The summed E-state index contributed by atoms with van der Waals surface area (Å²) in [6.45, 7) is 9.27. The van der Waals surface area contributed by atoms with Gasteiger partial charge in [0.25, 0.3) is 5.91 Å². The highest BCUT2D eigenvalue weighted by Crippen LogP contribution is 2.30. The number of carboxylic acid groups (broad SMARTS) is 1. The van der Waals surface area contributed by atoms with E-state index in [9.17, 15) is 14.7 Å². The number of aromatic nitrogens is 1. The highest BCUT2D eigenvalue weighted by molar-refractivity contribution is 5.99. The number of carbonyl (C=O) groups is 2. The number of carboxylic acids is 1. The van der Waals surface area contributed by atoms with E-state index in [0.29, 0.717) is 17.7 Å². The lowest BCUT2D eigenvalue weighted by molar-refractivity contribution is -0.152. The number of benzene rings is 3. The maximum absolute atomic E-state index is 13.1. The van der Waals surface area contributed by atoms with Crippen LogP contribution in [0.4, 0.5) is 0 Å². The zero-order valence-corrected chi connectivity index (χ0v) is 23.0. The van der Waals surface area contributed by atoms with Crippen molar-refractivity contribution in [2.45, 2.75) is 59.1 Å². The molecule has 1 atom stereocenters. The van der Waals surface area contributed by atoms with Gasteiger partial charge >= 0.3 is 5.97 Å². The molecule has 0 aliphatic rings. The molecule has 0 unspecified atom stereocenters. The van der Waals surface area contributed by atoms with Crippen LogP contribution >= 0.6 is 0 Å². The van der Waals surface area contributed by atoms with E-state index in [4.69, 9.17) is 4.74 Å². The predicted molar refractivity (Wildman–Crippen MR) is 151 cm³/mol. The number of carbonyl (C=O) groups excluding carboxylic acids is 1. The van der Waals surface area contributed by atoms with Crippen LogP contribution in [0, 0.1) is 6.92 Å². The third-order valence-corrected chi connectivity index (χ3v) is 7.26. The van der Waals surface area contributed by atoms with Crippen LogP contribution in [0.5, 0.6) is 5.75 Å². The van der Waals surface area contributed by atoms with Crippen LogP contribution in [-0.4, -0.2) is 27.2 Å². The van der Waals surface area contributed by atoms with Crippen LogP contribution in [0.25, 0.3) is 10.9 Å². The second kappa shape index (κ2) is 10.7. The molecular weight excluding hydrogens is 476 g/mol. The Kier molecular flexibility index (Phi) is 7.63. The van der Waals surface area contributed by atoms with Crippen LogP contribution in [0.2, 0.25) is 0 Å². The first kappa shape index (κ1) is 27.0. The van der Waals surface area contributed by atoms with Crippen molar-refractivity contribution in [1.29, 1.82) is 0 Å². The summed E-state index contributed by atoms with van der Waals surface area (Å²) in [5.41, 5.74) is 5.92. The van der Waals surface area contributed by atoms with Gasteiger partial charge in [0.15, 0.2) is 5.60 Å². The molecule has 4 rings (SSSR count). The van der Waals surface area contributed by atoms with Gasteiger partial charge in [0.05, 0.1) is 6.04 Å². The summed E-state index contributed by atoms with van der Waals surface area (Å²) in [7, 11) is 2.01. The lowest BCUT2D eigenvalue weighted by Crippen LogP contribution is -2.37. The summed E-state index contributed by atoms with van der Waals surface area (Å²) >= 11 is 0. The number of nitrogens with zero attached hydrogens (tertiary/aromatic N) is 1. The van der Waals surface area contributed by atoms with Gasteiger partial charge in [-0.05, 0) is 87.1 Å². The van der Waals surface area contributed by atoms with E-state index in [-0.39, 0.29) is 11.9 Å². The Morgan fingerprint density at radius 1 is 1.03 bits per heavy atom. The number of ether oxygens (including phenoxy) is 1. The van der Waals surface area contributed by atoms with Crippen LogP contribution in [0.15, 0.2) is 66.7 Å². The third kappa shape index (κ3) is 5.59. The van der Waals surface area contributed by atoms with Crippen LogP contribution in [0.1, 0.15) is 72.0 Å². The molecule has 0 bridgehead atoms. The second-order valence-electron chi connectivity index (χ2n) is 10.4. The minimum Gasteiger partial charge on any atom is -0.478 e. The van der Waals surface area contributed by atoms with Crippen LogP contribution in [-0.2, 0) is 24.7 Å². The van der Waals surface area contributed by atoms with Gasteiger partial charge in [0.2, 0.25) is 0 Å². The molecule has 0 spiro atoms. The van der Waals surface area contributed by atoms with Gasteiger partial charge in [-0.25, -0.2) is 4.79 Å². The van der Waals surface area contributed by atoms with Crippen molar-refractivity contribution in [1.82, 2.24) is 9.88 Å². The molecular formula is C32H36N2O4. The first-order chi connectivity index (χ1) is 18.0. The van der Waals surface area contributed by atoms with E-state index >= 15 is 0 Å². The van der Waals surface area contributed by atoms with E-state index in [1.54, 1.807) is 6.07 Å². The summed E-state index contributed by atoms with van der Waals surface area (Å²) < 4.78 is 7.85. The van der Waals surface area contributed by atoms with Gasteiger partial charge in [-0.3, -0.25) is 4.79 Å². The fourth-order valence-electron chi connectivity index (χ4n) is 4.71. The van der Waals surface area contributed by atoms with Gasteiger partial charge in [0, 0.05) is 29.2 Å². The Bertz CT molecular complexity index is 1500. The van der Waals surface area contributed by atoms with Crippen LogP contribution < -0.4 is 10.1 Å². The molecule has 1 aromatic heterocycles. The summed E-state index contributed by atoms with van der Waals surface area (Å²) in [4.78, 5) is 24.6. The van der Waals surface area contributed by atoms with Crippen molar-refractivity contribution in [2.75, 3.05) is 0 Å². The predicted octanol–water partition coefficient (Wildman–Crippen LogP) is 6.37. The zero-order chi connectivity index (χ0) is 27.6. The molecule has 0 saturated carbocycles. The molecule has 1 amide bonds. The van der Waals surface area contributed by atoms with Crippen molar-refractivity contribution in [3.05, 3.63) is 100 Å².